The van der Waals surface area contributed by atoms with Crippen LogP contribution in [-0.2, 0) is 27.3 Å². The first-order valence-corrected chi connectivity index (χ1v) is 10.0. The van der Waals surface area contributed by atoms with E-state index in [-0.39, 0.29) is 12.3 Å². The number of benzene rings is 1. The van der Waals surface area contributed by atoms with Gasteiger partial charge in [-0.25, -0.2) is 4.98 Å². The lowest BCUT2D eigenvalue weighted by Crippen LogP contribution is -2.52. The molecule has 160 valence electrons. The number of nitrogens with zero attached hydrogens (tertiary/aromatic N) is 2. The summed E-state index contributed by atoms with van der Waals surface area (Å²) in [5.41, 5.74) is -1.18. The summed E-state index contributed by atoms with van der Waals surface area (Å²) in [5, 5.41) is 29.9. The first-order chi connectivity index (χ1) is 14.1. The number of aliphatic carboxylic acids is 3. The molecular weight excluding hydrogens is 412 g/mol. The van der Waals surface area contributed by atoms with Gasteiger partial charge in [-0.3, -0.25) is 14.4 Å². The van der Waals surface area contributed by atoms with E-state index >= 15 is 0 Å². The molecule has 0 saturated carbocycles. The van der Waals surface area contributed by atoms with Crippen molar-refractivity contribution in [3.05, 3.63) is 52.1 Å². The van der Waals surface area contributed by atoms with Gasteiger partial charge in [0, 0.05) is 29.1 Å². The van der Waals surface area contributed by atoms with Gasteiger partial charge in [-0.2, -0.15) is 0 Å². The second kappa shape index (κ2) is 8.10. The standard InChI is InChI=1S/C21H23ClN2O6/c1-11(2)17-23-15-5-3-4-14(21(18(25)26,19(27)28)20(29)30)16(15)24(17)10-12-6-8-13(22)9-7-12/h6-9,11,14H,3-5,10H2,1-2H3,(H,25,26)(H,27,28)(H,29,30). The Hall–Kier alpha value is -2.87. The van der Waals surface area contributed by atoms with Gasteiger partial charge in [0.1, 0.15) is 5.82 Å². The third kappa shape index (κ3) is 3.45. The number of imidazole rings is 1. The van der Waals surface area contributed by atoms with E-state index in [0.29, 0.717) is 41.6 Å². The first kappa shape index (κ1) is 21.8. The SMILES string of the molecule is CC(C)c1nc2c(n1Cc1ccc(Cl)cc1)C(C(C(=O)O)(C(=O)O)C(=O)O)CCC2. The van der Waals surface area contributed by atoms with E-state index in [1.165, 1.54) is 0 Å². The number of fused-ring (bicyclic) bond motifs is 1. The second-order valence-electron chi connectivity index (χ2n) is 7.84. The molecular formula is C21H23ClN2O6. The van der Waals surface area contributed by atoms with Gasteiger partial charge in [-0.05, 0) is 37.0 Å². The van der Waals surface area contributed by atoms with Crippen molar-refractivity contribution in [2.24, 2.45) is 5.41 Å². The van der Waals surface area contributed by atoms with Crippen LogP contribution >= 0.6 is 11.6 Å². The fraction of sp³-hybridized carbons (Fsp3) is 0.429. The number of rotatable bonds is 7. The molecule has 1 aromatic carbocycles. The number of hydrogen-bond acceptors (Lipinski definition) is 4. The highest BCUT2D eigenvalue weighted by Gasteiger charge is 2.62. The summed E-state index contributed by atoms with van der Waals surface area (Å²) in [7, 11) is 0. The monoisotopic (exact) mass is 434 g/mol. The van der Waals surface area contributed by atoms with E-state index in [2.05, 4.69) is 4.98 Å². The predicted molar refractivity (Wildman–Crippen MR) is 108 cm³/mol. The number of carboxylic acids is 3. The normalized spacial score (nSPS) is 16.3. The highest BCUT2D eigenvalue weighted by molar-refractivity contribution is 6.30. The van der Waals surface area contributed by atoms with E-state index < -0.39 is 29.2 Å². The average Bonchev–Trinajstić information content (AvgIpc) is 3.03. The molecule has 2 aromatic rings. The highest BCUT2D eigenvalue weighted by Crippen LogP contribution is 2.46. The molecule has 9 heteroatoms. The van der Waals surface area contributed by atoms with Crippen molar-refractivity contribution in [1.82, 2.24) is 9.55 Å². The van der Waals surface area contributed by atoms with E-state index in [0.717, 1.165) is 5.56 Å². The van der Waals surface area contributed by atoms with Crippen LogP contribution in [0.15, 0.2) is 24.3 Å². The van der Waals surface area contributed by atoms with Crippen molar-refractivity contribution in [1.29, 1.82) is 0 Å². The Morgan fingerprint density at radius 3 is 2.20 bits per heavy atom. The minimum Gasteiger partial charge on any atom is -0.480 e. The Bertz CT molecular complexity index is 960. The molecule has 1 heterocycles. The molecule has 0 saturated heterocycles. The fourth-order valence-corrected chi connectivity index (χ4v) is 4.37. The fourth-order valence-electron chi connectivity index (χ4n) is 4.24. The summed E-state index contributed by atoms with van der Waals surface area (Å²) >= 11 is 5.96. The van der Waals surface area contributed by atoms with Crippen LogP contribution in [0, 0.1) is 5.41 Å². The minimum atomic E-state index is -2.98. The summed E-state index contributed by atoms with van der Waals surface area (Å²) < 4.78 is 1.79. The molecule has 0 aliphatic heterocycles. The maximum absolute atomic E-state index is 12.1. The van der Waals surface area contributed by atoms with Crippen LogP contribution in [0.4, 0.5) is 0 Å². The highest BCUT2D eigenvalue weighted by atomic mass is 35.5. The largest absolute Gasteiger partial charge is 0.480 e. The molecule has 3 N–H and O–H groups in total. The van der Waals surface area contributed by atoms with Crippen LogP contribution in [0.2, 0.25) is 5.02 Å². The molecule has 0 spiro atoms. The van der Waals surface area contributed by atoms with Crippen molar-refractivity contribution in [2.75, 3.05) is 0 Å². The van der Waals surface area contributed by atoms with Gasteiger partial charge in [-0.1, -0.05) is 37.6 Å². The molecule has 1 aliphatic rings. The maximum Gasteiger partial charge on any atom is 0.333 e. The van der Waals surface area contributed by atoms with Crippen LogP contribution in [0.3, 0.4) is 0 Å². The molecule has 30 heavy (non-hydrogen) atoms. The van der Waals surface area contributed by atoms with Crippen molar-refractivity contribution < 1.29 is 29.7 Å². The first-order valence-electron chi connectivity index (χ1n) is 9.64. The van der Waals surface area contributed by atoms with E-state index in [1.807, 2.05) is 26.0 Å². The zero-order chi connectivity index (χ0) is 22.2. The number of halogens is 1. The molecule has 0 radical (unpaired) electrons. The van der Waals surface area contributed by atoms with Gasteiger partial charge in [0.2, 0.25) is 0 Å². The zero-order valence-electron chi connectivity index (χ0n) is 16.6. The smallest absolute Gasteiger partial charge is 0.333 e. The molecule has 1 aromatic heterocycles. The van der Waals surface area contributed by atoms with Gasteiger partial charge < -0.3 is 19.9 Å². The third-order valence-electron chi connectivity index (χ3n) is 5.65. The van der Waals surface area contributed by atoms with Crippen molar-refractivity contribution in [3.8, 4) is 0 Å². The molecule has 1 aliphatic carbocycles. The third-order valence-corrected chi connectivity index (χ3v) is 5.91. The van der Waals surface area contributed by atoms with Crippen molar-refractivity contribution in [2.45, 2.75) is 51.5 Å². The minimum absolute atomic E-state index is 0.0302. The Kier molecular flexibility index (Phi) is 5.90. The van der Waals surface area contributed by atoms with Crippen LogP contribution in [0.1, 0.15) is 61.3 Å². The van der Waals surface area contributed by atoms with E-state index in [4.69, 9.17) is 11.6 Å². The number of carbonyl (C=O) groups is 3. The molecule has 8 nitrogen and oxygen atoms in total. The molecule has 0 amide bonds. The summed E-state index contributed by atoms with van der Waals surface area (Å²) in [6, 6.07) is 7.08. The van der Waals surface area contributed by atoms with Gasteiger partial charge in [0.05, 0.1) is 5.69 Å². The summed E-state index contributed by atoms with van der Waals surface area (Å²) in [5.74, 6) is -6.27. The number of aromatic nitrogens is 2. The summed E-state index contributed by atoms with van der Waals surface area (Å²) in [6.07, 6.45) is 1.12. The van der Waals surface area contributed by atoms with Crippen molar-refractivity contribution in [3.63, 3.8) is 0 Å². The second-order valence-corrected chi connectivity index (χ2v) is 8.27. The lowest BCUT2D eigenvalue weighted by Gasteiger charge is -2.33. The van der Waals surface area contributed by atoms with Crippen LogP contribution in [-0.4, -0.2) is 42.8 Å². The predicted octanol–water partition coefficient (Wildman–Crippen LogP) is 3.37. The Labute approximate surface area is 178 Å². The molecule has 3 rings (SSSR count). The molecule has 0 fully saturated rings. The lowest BCUT2D eigenvalue weighted by molar-refractivity contribution is -0.178. The van der Waals surface area contributed by atoms with E-state index in [1.54, 1.807) is 16.7 Å². The number of hydrogen-bond donors (Lipinski definition) is 3. The van der Waals surface area contributed by atoms with Gasteiger partial charge in [-0.15, -0.1) is 0 Å². The van der Waals surface area contributed by atoms with Crippen LogP contribution in [0.5, 0.6) is 0 Å². The number of carboxylic acid groups (broad SMARTS) is 3. The van der Waals surface area contributed by atoms with Gasteiger partial charge >= 0.3 is 17.9 Å². The molecule has 0 bridgehead atoms. The molecule has 1 unspecified atom stereocenters. The van der Waals surface area contributed by atoms with Crippen LogP contribution in [0.25, 0.3) is 0 Å². The average molecular weight is 435 g/mol. The Balaban J connectivity index is 2.24. The summed E-state index contributed by atoms with van der Waals surface area (Å²) in [6.45, 7) is 4.17. The van der Waals surface area contributed by atoms with Crippen molar-refractivity contribution >= 4 is 29.5 Å². The Morgan fingerprint density at radius 1 is 1.13 bits per heavy atom. The van der Waals surface area contributed by atoms with E-state index in [9.17, 15) is 29.7 Å². The van der Waals surface area contributed by atoms with Crippen LogP contribution < -0.4 is 0 Å². The van der Waals surface area contributed by atoms with Gasteiger partial charge in [0.25, 0.3) is 5.41 Å². The zero-order valence-corrected chi connectivity index (χ0v) is 17.4. The lowest BCUT2D eigenvalue weighted by atomic mass is 9.68. The quantitative estimate of drug-likeness (QED) is 0.569. The Morgan fingerprint density at radius 2 is 1.70 bits per heavy atom. The van der Waals surface area contributed by atoms with Gasteiger partial charge in [0.15, 0.2) is 0 Å². The maximum atomic E-state index is 12.1. The summed E-state index contributed by atoms with van der Waals surface area (Å²) in [4.78, 5) is 40.8. The number of aryl methyl sites for hydroxylation is 1. The molecule has 1 atom stereocenters. The topological polar surface area (TPSA) is 130 Å².